The van der Waals surface area contributed by atoms with Crippen LogP contribution in [0.25, 0.3) is 17.4 Å². The van der Waals surface area contributed by atoms with Crippen molar-refractivity contribution in [1.29, 1.82) is 0 Å². The van der Waals surface area contributed by atoms with Crippen LogP contribution in [0.1, 0.15) is 47.4 Å². The Balaban J connectivity index is 1.65. The van der Waals surface area contributed by atoms with Gasteiger partial charge in [-0.2, -0.15) is 0 Å². The topological polar surface area (TPSA) is 106 Å². The van der Waals surface area contributed by atoms with E-state index in [0.29, 0.717) is 22.5 Å². The quantitative estimate of drug-likeness (QED) is 0.460. The molecule has 0 radical (unpaired) electrons. The third-order valence-corrected chi connectivity index (χ3v) is 5.74. The normalized spacial score (nSPS) is 18.6. The number of amides is 4. The number of ether oxygens (including phenoxy) is 1. The Hall–Kier alpha value is -3.68. The molecule has 1 saturated carbocycles. The molecule has 0 unspecified atom stereocenters. The third-order valence-electron chi connectivity index (χ3n) is 5.74. The van der Waals surface area contributed by atoms with Crippen molar-refractivity contribution in [3.05, 3.63) is 52.8 Å². The number of furan rings is 1. The first-order valence-corrected chi connectivity index (χ1v) is 10.1. The Bertz CT molecular complexity index is 1110. The third kappa shape index (κ3) is 3.76. The van der Waals surface area contributed by atoms with Gasteiger partial charge in [-0.3, -0.25) is 19.8 Å². The minimum absolute atomic E-state index is 0.146. The summed E-state index contributed by atoms with van der Waals surface area (Å²) in [4.78, 5) is 50.5. The first-order valence-electron chi connectivity index (χ1n) is 10.1. The molecule has 4 amide bonds. The summed E-state index contributed by atoms with van der Waals surface area (Å²) in [5.41, 5.74) is 1.65. The second kappa shape index (κ2) is 8.22. The van der Waals surface area contributed by atoms with Crippen LogP contribution in [0.4, 0.5) is 4.79 Å². The number of imide groups is 2. The summed E-state index contributed by atoms with van der Waals surface area (Å²) in [7, 11) is 1.32. The molecule has 4 rings (SSSR count). The van der Waals surface area contributed by atoms with Gasteiger partial charge in [0.2, 0.25) is 0 Å². The Morgan fingerprint density at radius 3 is 2.61 bits per heavy atom. The summed E-state index contributed by atoms with van der Waals surface area (Å²) in [5.74, 6) is -1.04. The second-order valence-electron chi connectivity index (χ2n) is 7.60. The van der Waals surface area contributed by atoms with E-state index in [0.717, 1.165) is 30.6 Å². The number of methoxy groups -OCH3 is 1. The molecule has 1 saturated heterocycles. The van der Waals surface area contributed by atoms with Gasteiger partial charge in [-0.05, 0) is 49.6 Å². The zero-order valence-electron chi connectivity index (χ0n) is 17.3. The van der Waals surface area contributed by atoms with E-state index >= 15 is 0 Å². The molecule has 8 heteroatoms. The van der Waals surface area contributed by atoms with Crippen LogP contribution in [0.3, 0.4) is 0 Å². The van der Waals surface area contributed by atoms with Crippen molar-refractivity contribution in [2.75, 3.05) is 7.11 Å². The largest absolute Gasteiger partial charge is 0.465 e. The highest BCUT2D eigenvalue weighted by molar-refractivity contribution is 6.31. The second-order valence-corrected chi connectivity index (χ2v) is 7.60. The summed E-state index contributed by atoms with van der Waals surface area (Å²) in [6.45, 7) is 1.78. The van der Waals surface area contributed by atoms with Crippen molar-refractivity contribution in [2.45, 2.75) is 38.6 Å². The van der Waals surface area contributed by atoms with Crippen LogP contribution in [0.15, 0.2) is 40.3 Å². The van der Waals surface area contributed by atoms with E-state index in [-0.39, 0.29) is 17.4 Å². The number of rotatable bonds is 4. The molecule has 2 aromatic rings. The molecule has 1 aromatic heterocycles. The van der Waals surface area contributed by atoms with Gasteiger partial charge in [-0.1, -0.05) is 25.0 Å². The van der Waals surface area contributed by atoms with Gasteiger partial charge in [0.15, 0.2) is 0 Å². The maximum Gasteiger partial charge on any atom is 0.338 e. The molecule has 1 aliphatic heterocycles. The predicted molar refractivity (Wildman–Crippen MR) is 111 cm³/mol. The molecule has 1 aromatic carbocycles. The van der Waals surface area contributed by atoms with Gasteiger partial charge < -0.3 is 9.15 Å². The molecule has 2 aliphatic rings. The maximum atomic E-state index is 12.9. The van der Waals surface area contributed by atoms with E-state index in [2.05, 4.69) is 5.32 Å². The highest BCUT2D eigenvalue weighted by atomic mass is 16.5. The molecule has 2 heterocycles. The van der Waals surface area contributed by atoms with Gasteiger partial charge in [0.05, 0.1) is 12.7 Å². The summed E-state index contributed by atoms with van der Waals surface area (Å²) in [6, 6.07) is 7.64. The van der Waals surface area contributed by atoms with Gasteiger partial charge in [0.25, 0.3) is 11.8 Å². The van der Waals surface area contributed by atoms with Crippen molar-refractivity contribution in [3.63, 3.8) is 0 Å². The number of hydrogen-bond donors (Lipinski definition) is 1. The van der Waals surface area contributed by atoms with Crippen LogP contribution in [-0.2, 0) is 14.3 Å². The fraction of sp³-hybridized carbons (Fsp3) is 0.304. The smallest absolute Gasteiger partial charge is 0.338 e. The van der Waals surface area contributed by atoms with E-state index < -0.39 is 23.8 Å². The first kappa shape index (κ1) is 20.6. The Labute approximate surface area is 178 Å². The molecule has 31 heavy (non-hydrogen) atoms. The number of nitrogens with one attached hydrogen (secondary N) is 1. The zero-order valence-corrected chi connectivity index (χ0v) is 17.3. The van der Waals surface area contributed by atoms with E-state index in [1.807, 2.05) is 0 Å². The molecule has 1 N–H and O–H groups in total. The molecule has 2 fully saturated rings. The van der Waals surface area contributed by atoms with Gasteiger partial charge in [-0.25, -0.2) is 9.59 Å². The Morgan fingerprint density at radius 1 is 1.16 bits per heavy atom. The summed E-state index contributed by atoms with van der Waals surface area (Å²) in [5, 5.41) is 2.25. The van der Waals surface area contributed by atoms with Crippen molar-refractivity contribution < 1.29 is 28.3 Å². The lowest BCUT2D eigenvalue weighted by atomic mass is 10.0. The predicted octanol–water partition coefficient (Wildman–Crippen LogP) is 3.45. The number of barbiturate groups is 1. The fourth-order valence-corrected chi connectivity index (χ4v) is 4.12. The molecule has 160 valence electrons. The number of esters is 1. The highest BCUT2D eigenvalue weighted by Gasteiger charge is 2.40. The van der Waals surface area contributed by atoms with Crippen LogP contribution >= 0.6 is 0 Å². The summed E-state index contributed by atoms with van der Waals surface area (Å²) < 4.78 is 10.6. The van der Waals surface area contributed by atoms with Crippen molar-refractivity contribution in [2.24, 2.45) is 0 Å². The monoisotopic (exact) mass is 422 g/mol. The summed E-state index contributed by atoms with van der Waals surface area (Å²) in [6.07, 6.45) is 4.71. The highest BCUT2D eigenvalue weighted by Crippen LogP contribution is 2.30. The molecule has 0 bridgehead atoms. The Morgan fingerprint density at radius 2 is 1.90 bits per heavy atom. The SMILES string of the molecule is COC(=O)c1cccc(-c2ccc(/C=C3\C(=O)NC(=O)N(C4CCCC4)C3=O)o2)c1C. The van der Waals surface area contributed by atoms with Crippen molar-refractivity contribution in [1.82, 2.24) is 10.2 Å². The molecule has 1 aliphatic carbocycles. The number of benzene rings is 1. The average Bonchev–Trinajstić information content (AvgIpc) is 3.43. The number of carbonyl (C=O) groups excluding carboxylic acids is 4. The van der Waals surface area contributed by atoms with Crippen LogP contribution in [0, 0.1) is 6.92 Å². The van der Waals surface area contributed by atoms with Gasteiger partial charge in [-0.15, -0.1) is 0 Å². The van der Waals surface area contributed by atoms with Gasteiger partial charge >= 0.3 is 12.0 Å². The molecule has 8 nitrogen and oxygen atoms in total. The van der Waals surface area contributed by atoms with Gasteiger partial charge in [0, 0.05) is 11.6 Å². The molecular weight excluding hydrogens is 400 g/mol. The van der Waals surface area contributed by atoms with Crippen molar-refractivity contribution in [3.8, 4) is 11.3 Å². The van der Waals surface area contributed by atoms with Crippen LogP contribution in [-0.4, -0.2) is 41.9 Å². The summed E-state index contributed by atoms with van der Waals surface area (Å²) >= 11 is 0. The van der Waals surface area contributed by atoms with Crippen LogP contribution in [0.5, 0.6) is 0 Å². The number of carbonyl (C=O) groups is 4. The lowest BCUT2D eigenvalue weighted by Crippen LogP contribution is -2.57. The molecule has 0 spiro atoms. The lowest BCUT2D eigenvalue weighted by molar-refractivity contribution is -0.131. The minimum Gasteiger partial charge on any atom is -0.465 e. The minimum atomic E-state index is -0.744. The standard InChI is InChI=1S/C23H22N2O6/c1-13-16(8-5-9-17(13)22(28)30-2)19-11-10-15(31-19)12-18-20(26)24-23(29)25(21(18)27)14-6-3-4-7-14/h5,8-12,14H,3-4,6-7H2,1-2H3,(H,24,26,29)/b18-12+. The maximum absolute atomic E-state index is 12.9. The van der Waals surface area contributed by atoms with E-state index in [4.69, 9.17) is 9.15 Å². The number of nitrogens with zero attached hydrogens (tertiary/aromatic N) is 1. The lowest BCUT2D eigenvalue weighted by Gasteiger charge is -2.30. The number of urea groups is 1. The zero-order chi connectivity index (χ0) is 22.1. The van der Waals surface area contributed by atoms with Crippen LogP contribution in [0.2, 0.25) is 0 Å². The fourth-order valence-electron chi connectivity index (χ4n) is 4.12. The van der Waals surface area contributed by atoms with Crippen LogP contribution < -0.4 is 5.32 Å². The van der Waals surface area contributed by atoms with E-state index in [9.17, 15) is 19.2 Å². The van der Waals surface area contributed by atoms with Gasteiger partial charge in [0.1, 0.15) is 17.1 Å². The number of hydrogen-bond acceptors (Lipinski definition) is 6. The molecule has 0 atom stereocenters. The Kier molecular flexibility index (Phi) is 5.46. The van der Waals surface area contributed by atoms with E-state index in [1.165, 1.54) is 13.2 Å². The van der Waals surface area contributed by atoms with E-state index in [1.54, 1.807) is 37.3 Å². The van der Waals surface area contributed by atoms with Crippen molar-refractivity contribution >= 4 is 29.9 Å². The first-order chi connectivity index (χ1) is 14.9. The molecular formula is C23H22N2O6. The average molecular weight is 422 g/mol.